The van der Waals surface area contributed by atoms with Gasteiger partial charge in [-0.25, -0.2) is 4.98 Å². The summed E-state index contributed by atoms with van der Waals surface area (Å²) in [7, 11) is 0. The highest BCUT2D eigenvalue weighted by atomic mass is 16.5. The van der Waals surface area contributed by atoms with Gasteiger partial charge in [-0.05, 0) is 0 Å². The van der Waals surface area contributed by atoms with E-state index in [1.54, 1.807) is 29.6 Å². The first-order valence-electron chi connectivity index (χ1n) is 7.77. The fourth-order valence-corrected chi connectivity index (χ4v) is 2.45. The number of carbonyl (C=O) groups excluding carboxylic acids is 1. The van der Waals surface area contributed by atoms with Gasteiger partial charge < -0.3 is 14.1 Å². The highest BCUT2D eigenvalue weighted by Gasteiger charge is 2.24. The number of nitrogens with zero attached hydrogens (tertiary/aromatic N) is 3. The summed E-state index contributed by atoms with van der Waals surface area (Å²) in [5.41, 5.74) is 0.649. The summed E-state index contributed by atoms with van der Waals surface area (Å²) in [6.07, 6.45) is 5.90. The Morgan fingerprint density at radius 1 is 1.35 bits per heavy atom. The van der Waals surface area contributed by atoms with Crippen LogP contribution < -0.4 is 9.64 Å². The minimum atomic E-state index is -0.0793. The number of carbonyl (C=O) groups is 1. The minimum absolute atomic E-state index is 0.0260. The lowest BCUT2D eigenvalue weighted by molar-refractivity contribution is -0.118. The molecule has 1 amide bonds. The van der Waals surface area contributed by atoms with Gasteiger partial charge in [0.1, 0.15) is 23.8 Å². The average molecular weight is 315 g/mol. The molecular formula is C17H21N3O3. The number of ether oxygens (including phenoxy) is 1. The molecule has 3 heterocycles. The molecule has 2 aromatic heterocycles. The molecule has 122 valence electrons. The molecule has 0 saturated carbocycles. The lowest BCUT2D eigenvalue weighted by Gasteiger charge is -2.28. The molecule has 0 unspecified atom stereocenters. The number of aryl methyl sites for hydroxylation is 1. The van der Waals surface area contributed by atoms with E-state index in [9.17, 15) is 4.79 Å². The van der Waals surface area contributed by atoms with Crippen LogP contribution in [0.5, 0.6) is 5.75 Å². The normalized spacial score (nSPS) is 14.3. The smallest absolute Gasteiger partial charge is 0.227 e. The van der Waals surface area contributed by atoms with Crippen LogP contribution in [0, 0.1) is 0 Å². The molecular weight excluding hydrogens is 294 g/mol. The molecule has 0 atom stereocenters. The molecule has 0 N–H and O–H groups in total. The molecule has 0 aliphatic carbocycles. The highest BCUT2D eigenvalue weighted by molar-refractivity contribution is 5.95. The summed E-state index contributed by atoms with van der Waals surface area (Å²) >= 11 is 0. The van der Waals surface area contributed by atoms with E-state index in [0.29, 0.717) is 37.6 Å². The third-order valence-electron chi connectivity index (χ3n) is 3.77. The molecule has 6 heteroatoms. The van der Waals surface area contributed by atoms with Gasteiger partial charge in [-0.2, -0.15) is 0 Å². The Hall–Kier alpha value is -2.37. The van der Waals surface area contributed by atoms with Gasteiger partial charge in [-0.1, -0.05) is 20.8 Å². The van der Waals surface area contributed by atoms with Gasteiger partial charge in [-0.3, -0.25) is 9.78 Å². The van der Waals surface area contributed by atoms with Gasteiger partial charge in [-0.15, -0.1) is 0 Å². The maximum absolute atomic E-state index is 12.5. The van der Waals surface area contributed by atoms with Gasteiger partial charge >= 0.3 is 0 Å². The Morgan fingerprint density at radius 3 is 2.91 bits per heavy atom. The molecule has 0 radical (unpaired) electrons. The monoisotopic (exact) mass is 315 g/mol. The number of amides is 1. The largest absolute Gasteiger partial charge is 0.489 e. The molecule has 3 rings (SSSR count). The van der Waals surface area contributed by atoms with Crippen LogP contribution in [0.3, 0.4) is 0 Å². The molecule has 0 saturated heterocycles. The lowest BCUT2D eigenvalue weighted by atomic mass is 9.94. The van der Waals surface area contributed by atoms with Crippen molar-refractivity contribution in [3.05, 3.63) is 36.3 Å². The van der Waals surface area contributed by atoms with Crippen molar-refractivity contribution in [3.8, 4) is 5.75 Å². The summed E-state index contributed by atoms with van der Waals surface area (Å²) in [4.78, 5) is 22.6. The van der Waals surface area contributed by atoms with Gasteiger partial charge in [0.15, 0.2) is 5.89 Å². The average Bonchev–Trinajstić information content (AvgIpc) is 3.01. The second-order valence-electron chi connectivity index (χ2n) is 6.61. The van der Waals surface area contributed by atoms with Crippen molar-refractivity contribution in [2.75, 3.05) is 18.1 Å². The second-order valence-corrected chi connectivity index (χ2v) is 6.61. The highest BCUT2D eigenvalue weighted by Crippen LogP contribution is 2.30. The molecule has 0 spiro atoms. The van der Waals surface area contributed by atoms with Crippen molar-refractivity contribution in [1.29, 1.82) is 0 Å². The summed E-state index contributed by atoms with van der Waals surface area (Å²) < 4.78 is 11.3. The van der Waals surface area contributed by atoms with Crippen LogP contribution in [-0.2, 0) is 16.6 Å². The Kier molecular flexibility index (Phi) is 4.07. The SMILES string of the molecule is CC(C)(C)c1cnc(CCC(=O)N2CCOc3ccncc32)o1. The Bertz CT molecular complexity index is 703. The molecule has 23 heavy (non-hydrogen) atoms. The van der Waals surface area contributed by atoms with E-state index >= 15 is 0 Å². The summed E-state index contributed by atoms with van der Waals surface area (Å²) in [5, 5.41) is 0. The van der Waals surface area contributed by atoms with Crippen molar-refractivity contribution < 1.29 is 13.9 Å². The van der Waals surface area contributed by atoms with Crippen molar-refractivity contribution in [2.45, 2.75) is 39.0 Å². The summed E-state index contributed by atoms with van der Waals surface area (Å²) in [5.74, 6) is 2.16. The Labute approximate surface area is 135 Å². The van der Waals surface area contributed by atoms with Crippen molar-refractivity contribution >= 4 is 11.6 Å². The van der Waals surface area contributed by atoms with E-state index in [4.69, 9.17) is 9.15 Å². The molecule has 0 fully saturated rings. The van der Waals surface area contributed by atoms with Crippen LogP contribution in [0.1, 0.15) is 38.8 Å². The number of hydrogen-bond acceptors (Lipinski definition) is 5. The molecule has 1 aliphatic heterocycles. The van der Waals surface area contributed by atoms with E-state index in [-0.39, 0.29) is 11.3 Å². The number of oxazole rings is 1. The molecule has 1 aliphatic rings. The molecule has 6 nitrogen and oxygen atoms in total. The Morgan fingerprint density at radius 2 is 2.17 bits per heavy atom. The number of anilines is 1. The van der Waals surface area contributed by atoms with Gasteiger partial charge in [0.25, 0.3) is 0 Å². The van der Waals surface area contributed by atoms with Crippen molar-refractivity contribution in [3.63, 3.8) is 0 Å². The first kappa shape index (κ1) is 15.5. The maximum atomic E-state index is 12.5. The third-order valence-corrected chi connectivity index (χ3v) is 3.77. The topological polar surface area (TPSA) is 68.5 Å². The van der Waals surface area contributed by atoms with Crippen LogP contribution in [-0.4, -0.2) is 29.0 Å². The summed E-state index contributed by atoms with van der Waals surface area (Å²) in [6, 6.07) is 1.78. The van der Waals surface area contributed by atoms with E-state index in [2.05, 4.69) is 30.7 Å². The zero-order valence-electron chi connectivity index (χ0n) is 13.7. The van der Waals surface area contributed by atoms with Gasteiger partial charge in [0.05, 0.1) is 18.9 Å². The molecule has 0 bridgehead atoms. The maximum Gasteiger partial charge on any atom is 0.227 e. The van der Waals surface area contributed by atoms with Gasteiger partial charge in [0.2, 0.25) is 5.91 Å². The summed E-state index contributed by atoms with van der Waals surface area (Å²) in [6.45, 7) is 7.24. The fraction of sp³-hybridized carbons (Fsp3) is 0.471. The predicted molar refractivity (Wildman–Crippen MR) is 85.6 cm³/mol. The quantitative estimate of drug-likeness (QED) is 0.871. The van der Waals surface area contributed by atoms with E-state index in [1.165, 1.54) is 0 Å². The molecule has 2 aromatic rings. The zero-order chi connectivity index (χ0) is 16.4. The van der Waals surface area contributed by atoms with Crippen LogP contribution in [0.4, 0.5) is 5.69 Å². The van der Waals surface area contributed by atoms with Crippen molar-refractivity contribution in [1.82, 2.24) is 9.97 Å². The predicted octanol–water partition coefficient (Wildman–Crippen LogP) is 2.73. The first-order valence-corrected chi connectivity index (χ1v) is 7.77. The van der Waals surface area contributed by atoms with Crippen molar-refractivity contribution in [2.24, 2.45) is 0 Å². The van der Waals surface area contributed by atoms with Crippen LogP contribution in [0.25, 0.3) is 0 Å². The van der Waals surface area contributed by atoms with E-state index < -0.39 is 0 Å². The Balaban J connectivity index is 1.66. The molecule has 0 aromatic carbocycles. The van der Waals surface area contributed by atoms with Gasteiger partial charge in [0, 0.05) is 30.5 Å². The fourth-order valence-electron chi connectivity index (χ4n) is 2.45. The number of pyridine rings is 1. The lowest BCUT2D eigenvalue weighted by Crippen LogP contribution is -2.38. The van der Waals surface area contributed by atoms with Crippen LogP contribution in [0.15, 0.2) is 29.1 Å². The third kappa shape index (κ3) is 3.36. The van der Waals surface area contributed by atoms with Crippen LogP contribution in [0.2, 0.25) is 0 Å². The minimum Gasteiger partial charge on any atom is -0.489 e. The van der Waals surface area contributed by atoms with E-state index in [0.717, 1.165) is 11.4 Å². The van der Waals surface area contributed by atoms with E-state index in [1.807, 2.05) is 0 Å². The number of fused-ring (bicyclic) bond motifs is 1. The second kappa shape index (κ2) is 6.02. The number of aromatic nitrogens is 2. The standard InChI is InChI=1S/C17H21N3O3/c1-17(2,3)14-11-19-15(23-14)4-5-16(21)20-8-9-22-13-6-7-18-10-12(13)20/h6-7,10-11H,4-5,8-9H2,1-3H3. The number of rotatable bonds is 3. The van der Waals surface area contributed by atoms with Crippen LogP contribution >= 0.6 is 0 Å². The zero-order valence-corrected chi connectivity index (χ0v) is 13.7. The first-order chi connectivity index (χ1) is 10.9. The number of hydrogen-bond donors (Lipinski definition) is 0.